The van der Waals surface area contributed by atoms with E-state index in [-0.39, 0.29) is 5.69 Å². The second-order valence-corrected chi connectivity index (χ2v) is 4.42. The molecule has 1 heterocycles. The zero-order chi connectivity index (χ0) is 13.0. The third kappa shape index (κ3) is 2.84. The largest absolute Gasteiger partial charge is 0.461 e. The number of carbonyl (C=O) groups is 1. The lowest BCUT2D eigenvalue weighted by atomic mass is 10.2. The van der Waals surface area contributed by atoms with Crippen LogP contribution in [0.2, 0.25) is 0 Å². The molecule has 0 aliphatic carbocycles. The molecule has 0 unspecified atom stereocenters. The Hall–Kier alpha value is -1.95. The van der Waals surface area contributed by atoms with E-state index in [1.165, 1.54) is 5.56 Å². The molecule has 18 heavy (non-hydrogen) atoms. The van der Waals surface area contributed by atoms with Crippen LogP contribution >= 0.6 is 11.5 Å². The second kappa shape index (κ2) is 5.59. The topological polar surface area (TPSA) is 64.1 Å². The molecule has 0 bridgehead atoms. The van der Waals surface area contributed by atoms with E-state index in [0.717, 1.165) is 17.2 Å². The molecule has 0 spiro atoms. The third-order valence-corrected chi connectivity index (χ3v) is 2.91. The summed E-state index contributed by atoms with van der Waals surface area (Å²) >= 11 is 1.13. The number of esters is 1. The van der Waals surface area contributed by atoms with E-state index in [9.17, 15) is 4.79 Å². The molecule has 0 aliphatic rings. The lowest BCUT2D eigenvalue weighted by molar-refractivity contribution is 0.0520. The number of benzene rings is 1. The highest BCUT2D eigenvalue weighted by Gasteiger charge is 2.17. The Morgan fingerprint density at radius 1 is 1.39 bits per heavy atom. The molecule has 0 saturated heterocycles. The molecule has 0 fully saturated rings. The van der Waals surface area contributed by atoms with Gasteiger partial charge in [0.15, 0.2) is 0 Å². The van der Waals surface area contributed by atoms with Crippen molar-refractivity contribution in [2.45, 2.75) is 13.8 Å². The van der Waals surface area contributed by atoms with E-state index < -0.39 is 5.97 Å². The summed E-state index contributed by atoms with van der Waals surface area (Å²) in [5.74, 6) is -0.458. The third-order valence-electron chi connectivity index (χ3n) is 2.27. The van der Waals surface area contributed by atoms with Crippen molar-refractivity contribution in [2.24, 2.45) is 0 Å². The Balaban J connectivity index is 2.17. The van der Waals surface area contributed by atoms with E-state index in [2.05, 4.69) is 14.9 Å². The van der Waals surface area contributed by atoms with Crippen molar-refractivity contribution in [1.29, 1.82) is 0 Å². The highest BCUT2D eigenvalue weighted by molar-refractivity contribution is 7.10. The Kier molecular flexibility index (Phi) is 3.88. The van der Waals surface area contributed by atoms with Crippen LogP contribution in [0.4, 0.5) is 10.7 Å². The van der Waals surface area contributed by atoms with Gasteiger partial charge < -0.3 is 10.1 Å². The summed E-state index contributed by atoms with van der Waals surface area (Å²) in [5, 5.41) is 7.49. The number of carbonyl (C=O) groups excluding carboxylic acids is 1. The Morgan fingerprint density at radius 2 is 2.11 bits per heavy atom. The van der Waals surface area contributed by atoms with Crippen LogP contribution in [0, 0.1) is 6.92 Å². The lowest BCUT2D eigenvalue weighted by Gasteiger charge is -2.05. The molecule has 1 aromatic heterocycles. The molecule has 0 radical (unpaired) electrons. The zero-order valence-electron chi connectivity index (χ0n) is 10.1. The standard InChI is InChI=1S/C12H13N3O2S/c1-3-17-12(16)10-11(18-15-14-10)13-9-6-4-8(2)5-7-9/h4-7,13H,3H2,1-2H3. The number of aryl methyl sites for hydroxylation is 1. The fourth-order valence-electron chi connectivity index (χ4n) is 1.37. The summed E-state index contributed by atoms with van der Waals surface area (Å²) < 4.78 is 8.68. The highest BCUT2D eigenvalue weighted by atomic mass is 32.1. The van der Waals surface area contributed by atoms with E-state index in [4.69, 9.17) is 4.74 Å². The van der Waals surface area contributed by atoms with E-state index in [1.807, 2.05) is 31.2 Å². The number of ether oxygens (including phenoxy) is 1. The average Bonchev–Trinajstić information content (AvgIpc) is 2.81. The normalized spacial score (nSPS) is 10.1. The van der Waals surface area contributed by atoms with Crippen LogP contribution in [-0.2, 0) is 4.74 Å². The van der Waals surface area contributed by atoms with Crippen LogP contribution in [0.25, 0.3) is 0 Å². The molecular formula is C12H13N3O2S. The van der Waals surface area contributed by atoms with Gasteiger partial charge in [-0.3, -0.25) is 0 Å². The van der Waals surface area contributed by atoms with Gasteiger partial charge in [0.05, 0.1) is 6.61 Å². The summed E-state index contributed by atoms with van der Waals surface area (Å²) in [6.45, 7) is 4.09. The molecule has 94 valence electrons. The molecule has 6 heteroatoms. The van der Waals surface area contributed by atoms with Crippen molar-refractivity contribution in [3.63, 3.8) is 0 Å². The molecule has 0 aliphatic heterocycles. The first-order chi connectivity index (χ1) is 8.70. The van der Waals surface area contributed by atoms with Crippen LogP contribution in [0.3, 0.4) is 0 Å². The van der Waals surface area contributed by atoms with Crippen molar-refractivity contribution in [3.8, 4) is 0 Å². The first-order valence-corrected chi connectivity index (χ1v) is 6.31. The number of rotatable bonds is 4. The van der Waals surface area contributed by atoms with Gasteiger partial charge in [-0.2, -0.15) is 0 Å². The molecule has 2 aromatic rings. The first-order valence-electron chi connectivity index (χ1n) is 5.54. The average molecular weight is 263 g/mol. The van der Waals surface area contributed by atoms with Gasteiger partial charge in [-0.1, -0.05) is 22.2 Å². The van der Waals surface area contributed by atoms with Crippen LogP contribution in [-0.4, -0.2) is 22.2 Å². The fourth-order valence-corrected chi connectivity index (χ4v) is 1.95. The van der Waals surface area contributed by atoms with Crippen LogP contribution < -0.4 is 5.32 Å². The van der Waals surface area contributed by atoms with E-state index >= 15 is 0 Å². The minimum Gasteiger partial charge on any atom is -0.461 e. The second-order valence-electron chi connectivity index (χ2n) is 3.66. The van der Waals surface area contributed by atoms with Gasteiger partial charge in [0.25, 0.3) is 0 Å². The maximum Gasteiger partial charge on any atom is 0.362 e. The Bertz CT molecular complexity index is 537. The highest BCUT2D eigenvalue weighted by Crippen LogP contribution is 2.23. The van der Waals surface area contributed by atoms with Crippen molar-refractivity contribution < 1.29 is 9.53 Å². The quantitative estimate of drug-likeness (QED) is 0.859. The van der Waals surface area contributed by atoms with E-state index in [0.29, 0.717) is 11.6 Å². The van der Waals surface area contributed by atoms with Crippen molar-refractivity contribution >= 4 is 28.2 Å². The monoisotopic (exact) mass is 263 g/mol. The molecule has 5 nitrogen and oxygen atoms in total. The summed E-state index contributed by atoms with van der Waals surface area (Å²) in [6, 6.07) is 7.84. The SMILES string of the molecule is CCOC(=O)c1nnsc1Nc1ccc(C)cc1. The predicted molar refractivity (Wildman–Crippen MR) is 70.3 cm³/mol. The number of nitrogens with one attached hydrogen (secondary N) is 1. The van der Waals surface area contributed by atoms with Crippen LogP contribution in [0.5, 0.6) is 0 Å². The van der Waals surface area contributed by atoms with Gasteiger partial charge in [0, 0.05) is 17.2 Å². The zero-order valence-corrected chi connectivity index (χ0v) is 11.0. The van der Waals surface area contributed by atoms with Gasteiger partial charge in [0.1, 0.15) is 5.00 Å². The van der Waals surface area contributed by atoms with Crippen LogP contribution in [0.15, 0.2) is 24.3 Å². The predicted octanol–water partition coefficient (Wildman–Crippen LogP) is 2.77. The molecule has 1 aromatic carbocycles. The van der Waals surface area contributed by atoms with E-state index in [1.54, 1.807) is 6.92 Å². The fraction of sp³-hybridized carbons (Fsp3) is 0.250. The maximum absolute atomic E-state index is 11.6. The van der Waals surface area contributed by atoms with Gasteiger partial charge in [-0.25, -0.2) is 4.79 Å². The molecule has 1 N–H and O–H groups in total. The van der Waals surface area contributed by atoms with Gasteiger partial charge in [-0.15, -0.1) is 5.10 Å². The molecule has 0 atom stereocenters. The number of anilines is 2. The lowest BCUT2D eigenvalue weighted by Crippen LogP contribution is -2.07. The molecule has 2 rings (SSSR count). The van der Waals surface area contributed by atoms with Gasteiger partial charge >= 0.3 is 5.97 Å². The Morgan fingerprint density at radius 3 is 2.78 bits per heavy atom. The number of aromatic nitrogens is 2. The number of hydrogen-bond donors (Lipinski definition) is 1. The molecular weight excluding hydrogens is 250 g/mol. The summed E-state index contributed by atoms with van der Waals surface area (Å²) in [5.41, 5.74) is 2.29. The minimum atomic E-state index is -0.458. The van der Waals surface area contributed by atoms with Crippen LogP contribution in [0.1, 0.15) is 23.0 Å². The van der Waals surface area contributed by atoms with Crippen molar-refractivity contribution in [1.82, 2.24) is 9.59 Å². The van der Waals surface area contributed by atoms with Crippen molar-refractivity contribution in [2.75, 3.05) is 11.9 Å². The first kappa shape index (κ1) is 12.5. The Labute approximate surface area is 109 Å². The number of hydrogen-bond acceptors (Lipinski definition) is 6. The maximum atomic E-state index is 11.6. The summed E-state index contributed by atoms with van der Waals surface area (Å²) in [4.78, 5) is 11.6. The minimum absolute atomic E-state index is 0.224. The van der Waals surface area contributed by atoms with Gasteiger partial charge in [0.2, 0.25) is 5.69 Å². The smallest absolute Gasteiger partial charge is 0.362 e. The molecule has 0 saturated carbocycles. The number of nitrogens with zero attached hydrogens (tertiary/aromatic N) is 2. The van der Waals surface area contributed by atoms with Gasteiger partial charge in [-0.05, 0) is 26.0 Å². The summed E-state index contributed by atoms with van der Waals surface area (Å²) in [6.07, 6.45) is 0. The van der Waals surface area contributed by atoms with Crippen molar-refractivity contribution in [3.05, 3.63) is 35.5 Å². The summed E-state index contributed by atoms with van der Waals surface area (Å²) in [7, 11) is 0. The molecule has 0 amide bonds.